The van der Waals surface area contributed by atoms with E-state index in [1.807, 2.05) is 58.8 Å². The number of aromatic nitrogens is 1. The van der Waals surface area contributed by atoms with Crippen LogP contribution in [0.15, 0.2) is 102 Å². The fourth-order valence-corrected chi connectivity index (χ4v) is 6.49. The number of rotatable bonds is 7. The number of benzene rings is 4. The number of hydrogen-bond acceptors (Lipinski definition) is 4. The standard InChI is InChI=1S/C33H29ClN4O4S/c1-37-20-18-29-28-16-9-24(23-5-3-2-4-6-23)21-30(28)38(31(29)32(37)39)26-12-7-22(8-13-26)17-19-35-33(40)36-43(41,42)27-14-10-25(34)11-15-27/h2-16,21H,17-20H2,1H3,(H2,35,36,40). The minimum atomic E-state index is -4.01. The SMILES string of the molecule is CN1CCc2c(n(-c3ccc(CCNC(=O)NS(=O)(=O)c4ccc(Cl)cc4)cc3)c3cc(-c4ccccc4)ccc23)C1=O. The number of hydrogen-bond donors (Lipinski definition) is 2. The molecular formula is C33H29ClN4O4S. The Hall–Kier alpha value is -4.60. The first-order valence-corrected chi connectivity index (χ1v) is 15.7. The summed E-state index contributed by atoms with van der Waals surface area (Å²) in [7, 11) is -2.18. The van der Waals surface area contributed by atoms with Gasteiger partial charge < -0.3 is 14.8 Å². The number of likely N-dealkylation sites (N-methyl/N-ethyl adjacent to an activating group) is 1. The first-order chi connectivity index (χ1) is 20.7. The Morgan fingerprint density at radius 2 is 1.63 bits per heavy atom. The highest BCUT2D eigenvalue weighted by atomic mass is 35.5. The summed E-state index contributed by atoms with van der Waals surface area (Å²) >= 11 is 5.82. The highest BCUT2D eigenvalue weighted by Crippen LogP contribution is 2.35. The Kier molecular flexibility index (Phi) is 7.68. The zero-order chi connectivity index (χ0) is 30.1. The lowest BCUT2D eigenvalue weighted by Crippen LogP contribution is -2.40. The van der Waals surface area contributed by atoms with Crippen LogP contribution < -0.4 is 10.0 Å². The lowest BCUT2D eigenvalue weighted by atomic mass is 10.0. The van der Waals surface area contributed by atoms with Gasteiger partial charge in [0.1, 0.15) is 5.69 Å². The molecule has 8 nitrogen and oxygen atoms in total. The van der Waals surface area contributed by atoms with E-state index in [-0.39, 0.29) is 17.3 Å². The highest BCUT2D eigenvalue weighted by molar-refractivity contribution is 7.90. The molecule has 0 saturated carbocycles. The zero-order valence-corrected chi connectivity index (χ0v) is 25.0. The smallest absolute Gasteiger partial charge is 0.328 e. The van der Waals surface area contributed by atoms with Crippen molar-refractivity contribution in [3.8, 4) is 16.8 Å². The quantitative estimate of drug-likeness (QED) is 0.242. The number of amides is 3. The number of carbonyl (C=O) groups is 2. The van der Waals surface area contributed by atoms with E-state index in [0.29, 0.717) is 23.7 Å². The van der Waals surface area contributed by atoms with Crippen LogP contribution in [0.25, 0.3) is 27.7 Å². The van der Waals surface area contributed by atoms with Gasteiger partial charge in [-0.3, -0.25) is 4.79 Å². The summed E-state index contributed by atoms with van der Waals surface area (Å²) in [5.41, 5.74) is 6.71. The van der Waals surface area contributed by atoms with E-state index >= 15 is 0 Å². The molecule has 0 saturated heterocycles. The molecular weight excluding hydrogens is 584 g/mol. The van der Waals surface area contributed by atoms with Crippen molar-refractivity contribution in [1.82, 2.24) is 19.5 Å². The molecule has 0 aliphatic carbocycles. The molecule has 1 aromatic heterocycles. The van der Waals surface area contributed by atoms with E-state index in [0.717, 1.165) is 45.3 Å². The third kappa shape index (κ3) is 5.74. The first-order valence-electron chi connectivity index (χ1n) is 13.8. The summed E-state index contributed by atoms with van der Waals surface area (Å²) in [6.45, 7) is 0.902. The molecule has 218 valence electrons. The number of halogens is 1. The number of fused-ring (bicyclic) bond motifs is 3. The van der Waals surface area contributed by atoms with Crippen LogP contribution in [0.2, 0.25) is 5.02 Å². The molecule has 1 aliphatic rings. The van der Waals surface area contributed by atoms with Crippen molar-refractivity contribution in [3.05, 3.63) is 119 Å². The largest absolute Gasteiger partial charge is 0.340 e. The van der Waals surface area contributed by atoms with Gasteiger partial charge in [0, 0.05) is 36.2 Å². The molecule has 0 radical (unpaired) electrons. The van der Waals surface area contributed by atoms with Crippen LogP contribution in [0, 0.1) is 0 Å². The Morgan fingerprint density at radius 1 is 0.907 bits per heavy atom. The summed E-state index contributed by atoms with van der Waals surface area (Å²) in [6.07, 6.45) is 1.27. The molecule has 3 amide bonds. The van der Waals surface area contributed by atoms with Gasteiger partial charge in [-0.25, -0.2) is 17.9 Å². The molecule has 0 fully saturated rings. The second-order valence-electron chi connectivity index (χ2n) is 10.5. The normalized spacial score (nSPS) is 13.2. The predicted octanol–water partition coefficient (Wildman–Crippen LogP) is 5.81. The molecule has 0 bridgehead atoms. The number of nitrogens with zero attached hydrogens (tertiary/aromatic N) is 2. The van der Waals surface area contributed by atoms with E-state index < -0.39 is 16.1 Å². The van der Waals surface area contributed by atoms with E-state index in [4.69, 9.17) is 11.6 Å². The van der Waals surface area contributed by atoms with Gasteiger partial charge in [0.05, 0.1) is 10.4 Å². The second kappa shape index (κ2) is 11.6. The molecule has 1 aliphatic heterocycles. The van der Waals surface area contributed by atoms with Crippen molar-refractivity contribution in [3.63, 3.8) is 0 Å². The van der Waals surface area contributed by atoms with Crippen LogP contribution in [0.1, 0.15) is 21.6 Å². The highest BCUT2D eigenvalue weighted by Gasteiger charge is 2.30. The average molecular weight is 613 g/mol. The van der Waals surface area contributed by atoms with Crippen molar-refractivity contribution < 1.29 is 18.0 Å². The van der Waals surface area contributed by atoms with Crippen molar-refractivity contribution in [2.24, 2.45) is 0 Å². The summed E-state index contributed by atoms with van der Waals surface area (Å²) in [4.78, 5) is 27.4. The summed E-state index contributed by atoms with van der Waals surface area (Å²) in [6, 6.07) is 29.1. The van der Waals surface area contributed by atoms with Gasteiger partial charge in [-0.05, 0) is 77.6 Å². The van der Waals surface area contributed by atoms with E-state index in [1.165, 1.54) is 24.3 Å². The molecule has 6 rings (SSSR count). The molecule has 4 aromatic carbocycles. The molecule has 0 spiro atoms. The number of nitrogens with one attached hydrogen (secondary N) is 2. The number of sulfonamides is 1. The van der Waals surface area contributed by atoms with E-state index in [9.17, 15) is 18.0 Å². The third-order valence-electron chi connectivity index (χ3n) is 7.67. The number of carbonyl (C=O) groups excluding carboxylic acids is 2. The van der Waals surface area contributed by atoms with Gasteiger partial charge in [-0.15, -0.1) is 0 Å². The van der Waals surface area contributed by atoms with Crippen LogP contribution in [0.4, 0.5) is 4.79 Å². The molecule has 2 heterocycles. The molecule has 5 aromatic rings. The maximum atomic E-state index is 13.4. The topological polar surface area (TPSA) is 101 Å². The van der Waals surface area contributed by atoms with Crippen LogP contribution >= 0.6 is 11.6 Å². The minimum Gasteiger partial charge on any atom is -0.340 e. The van der Waals surface area contributed by atoms with Crippen molar-refractivity contribution >= 4 is 44.5 Å². The predicted molar refractivity (Wildman–Crippen MR) is 168 cm³/mol. The maximum Gasteiger partial charge on any atom is 0.328 e. The lowest BCUT2D eigenvalue weighted by Gasteiger charge is -2.24. The van der Waals surface area contributed by atoms with Crippen molar-refractivity contribution in [2.45, 2.75) is 17.7 Å². The third-order valence-corrected chi connectivity index (χ3v) is 9.27. The van der Waals surface area contributed by atoms with Crippen LogP contribution in [-0.4, -0.2) is 50.0 Å². The van der Waals surface area contributed by atoms with Crippen LogP contribution in [0.5, 0.6) is 0 Å². The molecule has 43 heavy (non-hydrogen) atoms. The van der Waals surface area contributed by atoms with Gasteiger partial charge in [0.25, 0.3) is 15.9 Å². The Bertz CT molecular complexity index is 1940. The summed E-state index contributed by atoms with van der Waals surface area (Å²) < 4.78 is 28.9. The summed E-state index contributed by atoms with van der Waals surface area (Å²) in [5, 5.41) is 4.07. The molecule has 2 N–H and O–H groups in total. The fourth-order valence-electron chi connectivity index (χ4n) is 5.44. The van der Waals surface area contributed by atoms with Gasteiger partial charge in [0.2, 0.25) is 0 Å². The minimum absolute atomic E-state index is 0.00782. The van der Waals surface area contributed by atoms with Crippen molar-refractivity contribution in [1.29, 1.82) is 0 Å². The Morgan fingerprint density at radius 3 is 2.35 bits per heavy atom. The molecule has 0 atom stereocenters. The van der Waals surface area contributed by atoms with Gasteiger partial charge in [0.15, 0.2) is 0 Å². The lowest BCUT2D eigenvalue weighted by molar-refractivity contribution is 0.0773. The summed E-state index contributed by atoms with van der Waals surface area (Å²) in [5.74, 6) is -0.00782. The van der Waals surface area contributed by atoms with E-state index in [1.54, 1.807) is 4.90 Å². The molecule has 10 heteroatoms. The first kappa shape index (κ1) is 28.5. The van der Waals surface area contributed by atoms with Crippen LogP contribution in [0.3, 0.4) is 0 Å². The Balaban J connectivity index is 1.22. The average Bonchev–Trinajstić information content (AvgIpc) is 3.34. The van der Waals surface area contributed by atoms with Crippen molar-refractivity contribution in [2.75, 3.05) is 20.1 Å². The second-order valence-corrected chi connectivity index (χ2v) is 12.6. The fraction of sp³-hybridized carbons (Fsp3) is 0.152. The molecule has 0 unspecified atom stereocenters. The van der Waals surface area contributed by atoms with Gasteiger partial charge in [-0.2, -0.15) is 0 Å². The van der Waals surface area contributed by atoms with Gasteiger partial charge in [-0.1, -0.05) is 66.2 Å². The van der Waals surface area contributed by atoms with Crippen LogP contribution in [-0.2, 0) is 22.9 Å². The maximum absolute atomic E-state index is 13.4. The van der Waals surface area contributed by atoms with E-state index in [2.05, 4.69) is 35.6 Å². The monoisotopic (exact) mass is 612 g/mol. The van der Waals surface area contributed by atoms with Gasteiger partial charge >= 0.3 is 6.03 Å². The Labute approximate surface area is 254 Å². The number of urea groups is 1. The zero-order valence-electron chi connectivity index (χ0n) is 23.4.